The number of benzene rings is 1. The predicted octanol–water partition coefficient (Wildman–Crippen LogP) is 0.758. The van der Waals surface area contributed by atoms with Crippen molar-refractivity contribution in [2.75, 3.05) is 20.3 Å². The molecule has 24 heavy (non-hydrogen) atoms. The van der Waals surface area contributed by atoms with Crippen LogP contribution in [-0.4, -0.2) is 61.2 Å². The molecule has 0 amide bonds. The lowest BCUT2D eigenvalue weighted by atomic mass is 9.98. The van der Waals surface area contributed by atoms with Crippen molar-refractivity contribution in [3.63, 3.8) is 0 Å². The van der Waals surface area contributed by atoms with Gasteiger partial charge in [0, 0.05) is 5.56 Å². The Hall–Kier alpha value is -1.48. The molecule has 1 aromatic rings. The SMILES string of the molecule is C=CCO[C@@H]1O[C@@H]2COC(c3ccc(OC)cc3)O[C@@H]2[C@H](O)[C@H]1O. The van der Waals surface area contributed by atoms with Crippen LogP contribution in [0, 0.1) is 0 Å². The van der Waals surface area contributed by atoms with Crippen molar-refractivity contribution in [3.8, 4) is 5.75 Å². The average Bonchev–Trinajstić information content (AvgIpc) is 2.63. The van der Waals surface area contributed by atoms with Gasteiger partial charge in [0.05, 0.1) is 20.3 Å². The molecule has 2 aliphatic rings. The van der Waals surface area contributed by atoms with Crippen LogP contribution in [0.5, 0.6) is 5.75 Å². The number of hydrogen-bond donors (Lipinski definition) is 2. The summed E-state index contributed by atoms with van der Waals surface area (Å²) in [5.41, 5.74) is 0.793. The van der Waals surface area contributed by atoms with E-state index in [9.17, 15) is 10.2 Å². The van der Waals surface area contributed by atoms with E-state index in [2.05, 4.69) is 6.58 Å². The molecule has 0 aliphatic carbocycles. The maximum absolute atomic E-state index is 10.4. The number of rotatable bonds is 5. The van der Waals surface area contributed by atoms with Crippen LogP contribution in [0.2, 0.25) is 0 Å². The number of aliphatic hydroxyl groups is 2. The molecular weight excluding hydrogens is 316 g/mol. The highest BCUT2D eigenvalue weighted by molar-refractivity contribution is 5.28. The quantitative estimate of drug-likeness (QED) is 0.767. The second kappa shape index (κ2) is 7.60. The molecule has 0 radical (unpaired) electrons. The highest BCUT2D eigenvalue weighted by atomic mass is 16.8. The van der Waals surface area contributed by atoms with Gasteiger partial charge in [-0.2, -0.15) is 0 Å². The van der Waals surface area contributed by atoms with E-state index in [4.69, 9.17) is 23.7 Å². The molecule has 132 valence electrons. The van der Waals surface area contributed by atoms with Gasteiger partial charge in [-0.1, -0.05) is 18.2 Å². The minimum Gasteiger partial charge on any atom is -0.497 e. The standard InChI is InChI=1S/C17H22O7/c1-3-8-21-17-14(19)13(18)15-12(23-17)9-22-16(24-15)10-4-6-11(20-2)7-5-10/h3-7,12-19H,1,8-9H2,2H3/t12-,13-,14-,15+,16?,17-/m1/s1. The van der Waals surface area contributed by atoms with Crippen LogP contribution < -0.4 is 4.74 Å². The van der Waals surface area contributed by atoms with Crippen molar-refractivity contribution in [2.45, 2.75) is 37.0 Å². The molecule has 0 saturated carbocycles. The van der Waals surface area contributed by atoms with Gasteiger partial charge in [0.15, 0.2) is 12.6 Å². The predicted molar refractivity (Wildman–Crippen MR) is 83.4 cm³/mol. The first kappa shape index (κ1) is 17.3. The van der Waals surface area contributed by atoms with E-state index in [1.807, 2.05) is 12.1 Å². The Kier molecular flexibility index (Phi) is 5.50. The average molecular weight is 338 g/mol. The summed E-state index contributed by atoms with van der Waals surface area (Å²) in [5, 5.41) is 20.5. The molecule has 6 atom stereocenters. The van der Waals surface area contributed by atoms with Gasteiger partial charge in [-0.15, -0.1) is 6.58 Å². The maximum Gasteiger partial charge on any atom is 0.187 e. The van der Waals surface area contributed by atoms with Crippen LogP contribution >= 0.6 is 0 Å². The zero-order valence-electron chi connectivity index (χ0n) is 13.4. The zero-order chi connectivity index (χ0) is 17.1. The van der Waals surface area contributed by atoms with Gasteiger partial charge in [-0.3, -0.25) is 0 Å². The third-order valence-corrected chi connectivity index (χ3v) is 4.10. The number of ether oxygens (including phenoxy) is 5. The number of methoxy groups -OCH3 is 1. The Bertz CT molecular complexity index is 544. The Morgan fingerprint density at radius 1 is 1.21 bits per heavy atom. The van der Waals surface area contributed by atoms with Crippen molar-refractivity contribution >= 4 is 0 Å². The van der Waals surface area contributed by atoms with Crippen LogP contribution in [0.1, 0.15) is 11.9 Å². The van der Waals surface area contributed by atoms with E-state index in [0.717, 1.165) is 11.3 Å². The summed E-state index contributed by atoms with van der Waals surface area (Å²) >= 11 is 0. The van der Waals surface area contributed by atoms with E-state index < -0.39 is 37.0 Å². The van der Waals surface area contributed by atoms with Crippen molar-refractivity contribution < 1.29 is 33.9 Å². The van der Waals surface area contributed by atoms with Crippen molar-refractivity contribution in [2.24, 2.45) is 0 Å². The lowest BCUT2D eigenvalue weighted by Crippen LogP contribution is -2.62. The fourth-order valence-corrected chi connectivity index (χ4v) is 2.81. The molecule has 3 rings (SSSR count). The number of hydrogen-bond acceptors (Lipinski definition) is 7. The Labute approximate surface area is 140 Å². The summed E-state index contributed by atoms with van der Waals surface area (Å²) in [4.78, 5) is 0. The smallest absolute Gasteiger partial charge is 0.187 e. The summed E-state index contributed by atoms with van der Waals surface area (Å²) in [6, 6.07) is 7.25. The fraction of sp³-hybridized carbons (Fsp3) is 0.529. The third-order valence-electron chi connectivity index (χ3n) is 4.10. The summed E-state index contributed by atoms with van der Waals surface area (Å²) in [6.45, 7) is 3.98. The third kappa shape index (κ3) is 3.46. The molecule has 2 fully saturated rings. The zero-order valence-corrected chi connectivity index (χ0v) is 13.4. The molecule has 2 N–H and O–H groups in total. The topological polar surface area (TPSA) is 86.6 Å². The first-order valence-corrected chi connectivity index (χ1v) is 7.79. The lowest BCUT2D eigenvalue weighted by molar-refractivity contribution is -0.360. The van der Waals surface area contributed by atoms with E-state index in [1.54, 1.807) is 25.3 Å². The molecule has 2 saturated heterocycles. The van der Waals surface area contributed by atoms with Gasteiger partial charge in [0.1, 0.15) is 30.2 Å². The largest absolute Gasteiger partial charge is 0.497 e. The van der Waals surface area contributed by atoms with Crippen molar-refractivity contribution in [1.29, 1.82) is 0 Å². The summed E-state index contributed by atoms with van der Waals surface area (Å²) < 4.78 is 27.6. The van der Waals surface area contributed by atoms with Crippen molar-refractivity contribution in [1.82, 2.24) is 0 Å². The monoisotopic (exact) mass is 338 g/mol. The van der Waals surface area contributed by atoms with Crippen LogP contribution in [0.25, 0.3) is 0 Å². The highest BCUT2D eigenvalue weighted by Crippen LogP contribution is 2.34. The van der Waals surface area contributed by atoms with Crippen LogP contribution in [-0.2, 0) is 18.9 Å². The summed E-state index contributed by atoms with van der Waals surface area (Å²) in [6.07, 6.45) is -3.61. The summed E-state index contributed by atoms with van der Waals surface area (Å²) in [5.74, 6) is 0.728. The fourth-order valence-electron chi connectivity index (χ4n) is 2.81. The molecule has 0 bridgehead atoms. The molecule has 2 heterocycles. The second-order valence-corrected chi connectivity index (χ2v) is 5.69. The number of fused-ring (bicyclic) bond motifs is 1. The van der Waals surface area contributed by atoms with Gasteiger partial charge in [0.25, 0.3) is 0 Å². The Morgan fingerprint density at radius 2 is 1.96 bits per heavy atom. The second-order valence-electron chi connectivity index (χ2n) is 5.69. The molecule has 1 aromatic carbocycles. The van der Waals surface area contributed by atoms with Crippen molar-refractivity contribution in [3.05, 3.63) is 42.5 Å². The van der Waals surface area contributed by atoms with Gasteiger partial charge in [-0.25, -0.2) is 0 Å². The molecule has 7 heteroatoms. The first-order chi connectivity index (χ1) is 11.6. The molecule has 2 aliphatic heterocycles. The Balaban J connectivity index is 1.67. The van der Waals surface area contributed by atoms with E-state index in [-0.39, 0.29) is 13.2 Å². The minimum atomic E-state index is -1.21. The van der Waals surface area contributed by atoms with Gasteiger partial charge in [0.2, 0.25) is 0 Å². The molecule has 1 unspecified atom stereocenters. The van der Waals surface area contributed by atoms with E-state index in [1.165, 1.54) is 0 Å². The summed E-state index contributed by atoms with van der Waals surface area (Å²) in [7, 11) is 1.59. The molecule has 0 spiro atoms. The normalized spacial score (nSPS) is 36.0. The van der Waals surface area contributed by atoms with Gasteiger partial charge < -0.3 is 33.9 Å². The minimum absolute atomic E-state index is 0.210. The molecule has 0 aromatic heterocycles. The lowest BCUT2D eigenvalue weighted by Gasteiger charge is -2.46. The highest BCUT2D eigenvalue weighted by Gasteiger charge is 2.49. The molecule has 7 nitrogen and oxygen atoms in total. The first-order valence-electron chi connectivity index (χ1n) is 7.79. The van der Waals surface area contributed by atoms with Crippen LogP contribution in [0.15, 0.2) is 36.9 Å². The Morgan fingerprint density at radius 3 is 2.62 bits per heavy atom. The van der Waals surface area contributed by atoms with E-state index >= 15 is 0 Å². The van der Waals surface area contributed by atoms with Crippen LogP contribution in [0.3, 0.4) is 0 Å². The van der Waals surface area contributed by atoms with Gasteiger partial charge in [-0.05, 0) is 12.1 Å². The van der Waals surface area contributed by atoms with Gasteiger partial charge >= 0.3 is 0 Å². The van der Waals surface area contributed by atoms with E-state index in [0.29, 0.717) is 0 Å². The maximum atomic E-state index is 10.4. The van der Waals surface area contributed by atoms with Crippen LogP contribution in [0.4, 0.5) is 0 Å². The number of aliphatic hydroxyl groups excluding tert-OH is 2. The molecular formula is C17H22O7.